The minimum absolute atomic E-state index is 0.226. The van der Waals surface area contributed by atoms with Crippen LogP contribution < -0.4 is 5.32 Å². The fourth-order valence-corrected chi connectivity index (χ4v) is 3.04. The van der Waals surface area contributed by atoms with E-state index in [-0.39, 0.29) is 17.1 Å². The van der Waals surface area contributed by atoms with Crippen LogP contribution in [0.1, 0.15) is 17.5 Å². The first-order valence-electron chi connectivity index (χ1n) is 6.31. The Kier molecular flexibility index (Phi) is 3.39. The first-order chi connectivity index (χ1) is 10.4. The van der Waals surface area contributed by atoms with E-state index < -0.39 is 15.8 Å². The van der Waals surface area contributed by atoms with E-state index in [1.807, 2.05) is 0 Å². The van der Waals surface area contributed by atoms with Crippen molar-refractivity contribution in [2.75, 3.05) is 5.32 Å². The lowest BCUT2D eigenvalue weighted by Crippen LogP contribution is -2.39. The van der Waals surface area contributed by atoms with Crippen LogP contribution in [0.3, 0.4) is 0 Å². The lowest BCUT2D eigenvalue weighted by atomic mass is 9.89. The molecule has 1 aromatic heterocycles. The molecule has 1 aliphatic carbocycles. The van der Waals surface area contributed by atoms with Gasteiger partial charge in [0.05, 0.1) is 11.1 Å². The van der Waals surface area contributed by atoms with Gasteiger partial charge in [0.2, 0.25) is 0 Å². The zero-order chi connectivity index (χ0) is 15.8. The number of nitrogens with one attached hydrogen (secondary N) is 1. The summed E-state index contributed by atoms with van der Waals surface area (Å²) in [4.78, 5) is -0.289. The topological polar surface area (TPSA) is 125 Å². The van der Waals surface area contributed by atoms with E-state index in [1.54, 1.807) is 24.3 Å². The molecular formula is C13H12N4O4S. The molecule has 1 atom stereocenters. The van der Waals surface area contributed by atoms with Gasteiger partial charge in [-0.2, -0.15) is 8.42 Å². The molecule has 0 amide bonds. The van der Waals surface area contributed by atoms with Crippen molar-refractivity contribution in [3.8, 4) is 0 Å². The van der Waals surface area contributed by atoms with Crippen molar-refractivity contribution in [1.29, 1.82) is 0 Å². The highest BCUT2D eigenvalue weighted by molar-refractivity contribution is 7.90. The van der Waals surface area contributed by atoms with E-state index in [4.69, 9.17) is 0 Å². The van der Waals surface area contributed by atoms with Crippen molar-refractivity contribution < 1.29 is 18.1 Å². The lowest BCUT2D eigenvalue weighted by molar-refractivity contribution is 0.0672. The molecule has 1 heterocycles. The van der Waals surface area contributed by atoms with Crippen LogP contribution in [-0.2, 0) is 15.8 Å². The Morgan fingerprint density at radius 1 is 1.23 bits per heavy atom. The summed E-state index contributed by atoms with van der Waals surface area (Å²) in [7, 11) is -4.42. The second-order valence-corrected chi connectivity index (χ2v) is 6.32. The molecule has 0 aliphatic heterocycles. The summed E-state index contributed by atoms with van der Waals surface area (Å²) in [5, 5.41) is 24.3. The highest BCUT2D eigenvalue weighted by Crippen LogP contribution is 2.38. The van der Waals surface area contributed by atoms with E-state index >= 15 is 0 Å². The number of nitrogens with zero attached hydrogens (tertiary/aromatic N) is 3. The predicted octanol–water partition coefficient (Wildman–Crippen LogP) is 0.761. The van der Waals surface area contributed by atoms with Gasteiger partial charge in [0, 0.05) is 18.1 Å². The third-order valence-electron chi connectivity index (χ3n) is 3.32. The predicted molar refractivity (Wildman–Crippen MR) is 77.9 cm³/mol. The molecule has 1 aliphatic rings. The zero-order valence-corrected chi connectivity index (χ0v) is 12.0. The summed E-state index contributed by atoms with van der Waals surface area (Å²) in [6, 6.07) is 8.21. The third kappa shape index (κ3) is 2.69. The summed E-state index contributed by atoms with van der Waals surface area (Å²) in [5.41, 5.74) is -0.786. The number of rotatable bonds is 3. The molecule has 3 N–H and O–H groups in total. The number of hydrogen-bond donors (Lipinski definition) is 3. The molecule has 8 nitrogen and oxygen atoms in total. The lowest BCUT2D eigenvalue weighted by Gasteiger charge is -2.34. The van der Waals surface area contributed by atoms with Gasteiger partial charge in [-0.15, -0.1) is 10.2 Å². The van der Waals surface area contributed by atoms with Gasteiger partial charge in [-0.05, 0) is 16.9 Å². The van der Waals surface area contributed by atoms with Crippen molar-refractivity contribution in [1.82, 2.24) is 15.4 Å². The first kappa shape index (κ1) is 14.6. The molecule has 2 aromatic rings. The number of fused-ring (bicyclic) bond motifs is 1. The summed E-state index contributed by atoms with van der Waals surface area (Å²) in [5.74, 6) is 0.226. The Morgan fingerprint density at radius 2 is 2.00 bits per heavy atom. The summed E-state index contributed by atoms with van der Waals surface area (Å²) in [6.45, 7) is 0. The molecule has 0 saturated heterocycles. The van der Waals surface area contributed by atoms with Gasteiger partial charge < -0.3 is 10.4 Å². The molecule has 3 rings (SSSR count). The van der Waals surface area contributed by atoms with E-state index in [2.05, 4.69) is 20.7 Å². The molecular weight excluding hydrogens is 308 g/mol. The summed E-state index contributed by atoms with van der Waals surface area (Å²) < 4.78 is 32.2. The van der Waals surface area contributed by atoms with E-state index in [0.717, 1.165) is 0 Å². The second-order valence-electron chi connectivity index (χ2n) is 4.84. The molecule has 1 aromatic carbocycles. The number of aromatic nitrogens is 3. The Bertz CT molecular complexity index is 838. The Morgan fingerprint density at radius 3 is 2.68 bits per heavy atom. The van der Waals surface area contributed by atoms with Gasteiger partial charge in [0.15, 0.2) is 11.5 Å². The SMILES string of the molecule is O=S(=O)(O)C1=Cc2ccccc2C(O)(Nc2ccnnn2)C1. The highest BCUT2D eigenvalue weighted by atomic mass is 32.2. The van der Waals surface area contributed by atoms with Crippen LogP contribution in [-0.4, -0.2) is 33.5 Å². The van der Waals surface area contributed by atoms with Crippen LogP contribution in [0.25, 0.3) is 6.08 Å². The maximum Gasteiger partial charge on any atom is 0.290 e. The maximum absolute atomic E-state index is 11.4. The first-order valence-corrected chi connectivity index (χ1v) is 7.75. The fourth-order valence-electron chi connectivity index (χ4n) is 2.37. The molecule has 22 heavy (non-hydrogen) atoms. The molecule has 0 radical (unpaired) electrons. The smallest absolute Gasteiger partial charge is 0.290 e. The van der Waals surface area contributed by atoms with E-state index in [0.29, 0.717) is 11.1 Å². The number of benzene rings is 1. The molecule has 0 fully saturated rings. The van der Waals surface area contributed by atoms with Crippen molar-refractivity contribution in [2.45, 2.75) is 12.1 Å². The van der Waals surface area contributed by atoms with Gasteiger partial charge in [-0.25, -0.2) is 0 Å². The molecule has 0 bridgehead atoms. The van der Waals surface area contributed by atoms with Gasteiger partial charge in [-0.1, -0.05) is 24.3 Å². The molecule has 0 saturated carbocycles. The third-order valence-corrected chi connectivity index (χ3v) is 4.25. The maximum atomic E-state index is 11.4. The number of aliphatic hydroxyl groups is 1. The fraction of sp³-hybridized carbons (Fsp3) is 0.154. The Balaban J connectivity index is 2.10. The van der Waals surface area contributed by atoms with E-state index in [1.165, 1.54) is 18.3 Å². The summed E-state index contributed by atoms with van der Waals surface area (Å²) >= 11 is 0. The van der Waals surface area contributed by atoms with Gasteiger partial charge >= 0.3 is 0 Å². The van der Waals surface area contributed by atoms with E-state index in [9.17, 15) is 18.1 Å². The van der Waals surface area contributed by atoms with Gasteiger partial charge in [0.25, 0.3) is 10.1 Å². The van der Waals surface area contributed by atoms with Crippen LogP contribution in [0.2, 0.25) is 0 Å². The van der Waals surface area contributed by atoms with Crippen LogP contribution in [0, 0.1) is 0 Å². The average Bonchev–Trinajstić information content (AvgIpc) is 2.47. The van der Waals surface area contributed by atoms with Crippen molar-refractivity contribution in [2.24, 2.45) is 0 Å². The van der Waals surface area contributed by atoms with Crippen molar-refractivity contribution in [3.63, 3.8) is 0 Å². The van der Waals surface area contributed by atoms with Crippen LogP contribution in [0.15, 0.2) is 41.4 Å². The minimum Gasteiger partial charge on any atom is -0.366 e. The molecule has 1 unspecified atom stereocenters. The van der Waals surface area contributed by atoms with Gasteiger partial charge in [0.1, 0.15) is 0 Å². The molecule has 9 heteroatoms. The normalized spacial score (nSPS) is 20.9. The van der Waals surface area contributed by atoms with Crippen molar-refractivity contribution in [3.05, 3.63) is 52.6 Å². The largest absolute Gasteiger partial charge is 0.366 e. The highest BCUT2D eigenvalue weighted by Gasteiger charge is 2.38. The molecule has 0 spiro atoms. The standard InChI is InChI=1S/C13H12N4O4S/c18-13(15-12-5-6-14-17-16-12)8-10(22(19,20)21)7-9-3-1-2-4-11(9)13/h1-7,18H,8H2,(H,14,15,16)(H,19,20,21). The monoisotopic (exact) mass is 320 g/mol. The summed E-state index contributed by atoms with van der Waals surface area (Å²) in [6.07, 6.45) is 2.37. The quantitative estimate of drug-likeness (QED) is 0.559. The Hall–Kier alpha value is -2.36. The van der Waals surface area contributed by atoms with Crippen LogP contribution in [0.4, 0.5) is 5.82 Å². The number of anilines is 1. The number of hydrogen-bond acceptors (Lipinski definition) is 7. The van der Waals surface area contributed by atoms with Crippen LogP contribution >= 0.6 is 0 Å². The van der Waals surface area contributed by atoms with Gasteiger partial charge in [-0.3, -0.25) is 4.55 Å². The zero-order valence-electron chi connectivity index (χ0n) is 11.2. The average molecular weight is 320 g/mol. The molecule has 114 valence electrons. The Labute approximate surface area is 126 Å². The second kappa shape index (κ2) is 5.13. The van der Waals surface area contributed by atoms with Crippen LogP contribution in [0.5, 0.6) is 0 Å². The minimum atomic E-state index is -4.42. The van der Waals surface area contributed by atoms with Crippen molar-refractivity contribution >= 4 is 22.0 Å².